The molecule has 168 valence electrons. The molecule has 4 rings (SSSR count). The Morgan fingerprint density at radius 3 is 2.77 bits per heavy atom. The van der Waals surface area contributed by atoms with Crippen LogP contribution in [0.4, 0.5) is 5.13 Å². The lowest BCUT2D eigenvalue weighted by Crippen LogP contribution is -2.53. The minimum absolute atomic E-state index is 0.00603. The highest BCUT2D eigenvalue weighted by Crippen LogP contribution is 2.57. The van der Waals surface area contributed by atoms with Crippen molar-refractivity contribution in [2.75, 3.05) is 18.9 Å². The van der Waals surface area contributed by atoms with Crippen LogP contribution in [0.25, 0.3) is 0 Å². The number of nitrogens with zero attached hydrogens (tertiary/aromatic N) is 2. The van der Waals surface area contributed by atoms with E-state index in [9.17, 15) is 14.7 Å². The summed E-state index contributed by atoms with van der Waals surface area (Å²) >= 11 is 1.59. The van der Waals surface area contributed by atoms with Gasteiger partial charge in [-0.05, 0) is 49.4 Å². The maximum Gasteiger partial charge on any atom is 0.229 e. The molecule has 0 unspecified atom stereocenters. The summed E-state index contributed by atoms with van der Waals surface area (Å²) in [5, 5.41) is 15.2. The van der Waals surface area contributed by atoms with Gasteiger partial charge in [-0.3, -0.25) is 9.59 Å². The fourth-order valence-corrected chi connectivity index (χ4v) is 7.17. The highest BCUT2D eigenvalue weighted by Gasteiger charge is 2.54. The molecule has 2 N–H and O–H groups in total. The van der Waals surface area contributed by atoms with E-state index in [1.54, 1.807) is 23.3 Å². The molecule has 1 aromatic heterocycles. The summed E-state index contributed by atoms with van der Waals surface area (Å²) in [4.78, 5) is 32.6. The van der Waals surface area contributed by atoms with Crippen LogP contribution in [0.5, 0.6) is 0 Å². The number of carbonyl (C=O) groups is 2. The number of aromatic nitrogens is 1. The molecule has 7 heteroatoms. The average molecular weight is 444 g/mol. The molecule has 3 aliphatic rings. The molecule has 2 amide bonds. The zero-order chi connectivity index (χ0) is 22.5. The molecule has 31 heavy (non-hydrogen) atoms. The number of aliphatic hydroxyl groups is 1. The number of nitrogens with one attached hydrogen (secondary N) is 1. The zero-order valence-corrected chi connectivity index (χ0v) is 19.7. The van der Waals surface area contributed by atoms with Gasteiger partial charge < -0.3 is 15.3 Å². The zero-order valence-electron chi connectivity index (χ0n) is 18.9. The first-order valence-electron chi connectivity index (χ1n) is 11.3. The molecule has 3 aliphatic carbocycles. The van der Waals surface area contributed by atoms with E-state index in [4.69, 9.17) is 11.4 Å². The number of thiazole rings is 1. The van der Waals surface area contributed by atoms with E-state index in [2.05, 4.69) is 25.1 Å². The van der Waals surface area contributed by atoms with Gasteiger partial charge in [-0.2, -0.15) is 0 Å². The monoisotopic (exact) mass is 443 g/mol. The van der Waals surface area contributed by atoms with E-state index in [-0.39, 0.29) is 53.4 Å². The number of rotatable bonds is 5. The highest BCUT2D eigenvalue weighted by molar-refractivity contribution is 7.15. The molecule has 0 radical (unpaired) electrons. The van der Waals surface area contributed by atoms with Crippen LogP contribution in [-0.4, -0.2) is 46.5 Å². The minimum Gasteiger partial charge on any atom is -0.392 e. The second kappa shape index (κ2) is 8.22. The number of terminal acetylenes is 1. The largest absolute Gasteiger partial charge is 0.392 e. The summed E-state index contributed by atoms with van der Waals surface area (Å²) in [6.07, 6.45) is 9.36. The van der Waals surface area contributed by atoms with Crippen LogP contribution in [0.2, 0.25) is 0 Å². The Morgan fingerprint density at radius 2 is 2.13 bits per heavy atom. The van der Waals surface area contributed by atoms with Gasteiger partial charge >= 0.3 is 0 Å². The van der Waals surface area contributed by atoms with E-state index in [0.29, 0.717) is 5.13 Å². The first kappa shape index (κ1) is 22.3. The lowest BCUT2D eigenvalue weighted by Gasteiger charge is -2.53. The summed E-state index contributed by atoms with van der Waals surface area (Å²) in [6, 6.07) is 0. The molecule has 1 heterocycles. The van der Waals surface area contributed by atoms with Crippen molar-refractivity contribution in [1.82, 2.24) is 9.88 Å². The van der Waals surface area contributed by atoms with Gasteiger partial charge in [0.05, 0.1) is 18.3 Å². The van der Waals surface area contributed by atoms with Gasteiger partial charge in [0.15, 0.2) is 5.13 Å². The molecule has 0 aliphatic heterocycles. The Balaban J connectivity index is 1.55. The third kappa shape index (κ3) is 4.01. The van der Waals surface area contributed by atoms with Crippen molar-refractivity contribution in [2.45, 2.75) is 64.9 Å². The van der Waals surface area contributed by atoms with E-state index >= 15 is 0 Å². The second-order valence-corrected chi connectivity index (χ2v) is 11.2. The van der Waals surface area contributed by atoms with Crippen molar-refractivity contribution < 1.29 is 14.7 Å². The number of carbonyl (C=O) groups excluding carboxylic acids is 2. The summed E-state index contributed by atoms with van der Waals surface area (Å²) < 4.78 is 0. The second-order valence-electron chi connectivity index (χ2n) is 10.1. The normalized spacial score (nSPS) is 32.9. The molecule has 1 aromatic rings. The van der Waals surface area contributed by atoms with E-state index < -0.39 is 6.10 Å². The molecule has 0 saturated heterocycles. The van der Waals surface area contributed by atoms with Gasteiger partial charge in [0.2, 0.25) is 11.8 Å². The number of amides is 2. The molecule has 0 bridgehead atoms. The first-order chi connectivity index (χ1) is 14.7. The van der Waals surface area contributed by atoms with Crippen molar-refractivity contribution >= 4 is 28.3 Å². The maximum atomic E-state index is 12.8. The van der Waals surface area contributed by atoms with Gasteiger partial charge in [-0.25, -0.2) is 4.98 Å². The molecule has 2 fully saturated rings. The molecule has 6 nitrogen and oxygen atoms in total. The number of hydrogen-bond acceptors (Lipinski definition) is 5. The number of aliphatic hydroxyl groups excluding tert-OH is 1. The molecule has 2 saturated carbocycles. The van der Waals surface area contributed by atoms with Gasteiger partial charge in [-0.1, -0.05) is 26.7 Å². The Morgan fingerprint density at radius 1 is 1.42 bits per heavy atom. The Kier molecular flexibility index (Phi) is 5.91. The molecule has 6 atom stereocenters. The van der Waals surface area contributed by atoms with Crippen molar-refractivity contribution in [2.24, 2.45) is 29.1 Å². The smallest absolute Gasteiger partial charge is 0.229 e. The molecular formula is C24H33N3O3S. The van der Waals surface area contributed by atoms with Crippen LogP contribution in [0, 0.1) is 41.4 Å². The predicted molar refractivity (Wildman–Crippen MR) is 122 cm³/mol. The Hall–Kier alpha value is -1.91. The van der Waals surface area contributed by atoms with Crippen LogP contribution in [0.15, 0.2) is 0 Å². The van der Waals surface area contributed by atoms with Gasteiger partial charge in [0.25, 0.3) is 0 Å². The van der Waals surface area contributed by atoms with Crippen LogP contribution in [-0.2, 0) is 16.0 Å². The Labute approximate surface area is 188 Å². The van der Waals surface area contributed by atoms with Crippen LogP contribution in [0.3, 0.4) is 0 Å². The molecule has 0 aromatic carbocycles. The van der Waals surface area contributed by atoms with Gasteiger partial charge in [0.1, 0.15) is 0 Å². The third-order valence-electron chi connectivity index (χ3n) is 7.84. The lowest BCUT2D eigenvalue weighted by atomic mass is 9.53. The number of anilines is 1. The molecule has 0 spiro atoms. The van der Waals surface area contributed by atoms with Crippen LogP contribution >= 0.6 is 11.3 Å². The maximum absolute atomic E-state index is 12.8. The fourth-order valence-electron chi connectivity index (χ4n) is 5.90. The van der Waals surface area contributed by atoms with Crippen molar-refractivity contribution in [3.05, 3.63) is 10.6 Å². The van der Waals surface area contributed by atoms with Crippen molar-refractivity contribution in [1.29, 1.82) is 0 Å². The van der Waals surface area contributed by atoms with Crippen LogP contribution < -0.4 is 5.32 Å². The summed E-state index contributed by atoms with van der Waals surface area (Å²) in [6.45, 7) is 6.59. The van der Waals surface area contributed by atoms with E-state index in [0.717, 1.165) is 37.8 Å². The molecular weight excluding hydrogens is 410 g/mol. The van der Waals surface area contributed by atoms with E-state index in [1.807, 2.05) is 6.92 Å². The quantitative estimate of drug-likeness (QED) is 0.685. The standard InChI is InChI=1S/C24H33N3O3S/c1-6-11-27(5)22(30)13(2)16-9-10-24(4)12-17-19(14(3)18(24)20(16)28)25-23(31-17)26-21(29)15-7-8-15/h1,13-16,18,20,28H,7-12H2,2-5H3,(H,25,26,29)/t13-,14-,16+,18+,20-,24-/m0/s1. The highest BCUT2D eigenvalue weighted by atomic mass is 32.1. The van der Waals surface area contributed by atoms with E-state index in [1.165, 1.54) is 4.88 Å². The predicted octanol–water partition coefficient (Wildman–Crippen LogP) is 3.27. The summed E-state index contributed by atoms with van der Waals surface area (Å²) in [7, 11) is 1.72. The minimum atomic E-state index is -0.578. The summed E-state index contributed by atoms with van der Waals surface area (Å²) in [5.74, 6) is 2.45. The third-order valence-corrected chi connectivity index (χ3v) is 8.82. The van der Waals surface area contributed by atoms with Crippen molar-refractivity contribution in [3.8, 4) is 12.3 Å². The fraction of sp³-hybridized carbons (Fsp3) is 0.708. The van der Waals surface area contributed by atoms with Gasteiger partial charge in [-0.15, -0.1) is 17.8 Å². The van der Waals surface area contributed by atoms with Crippen LogP contribution in [0.1, 0.15) is 62.9 Å². The van der Waals surface area contributed by atoms with Crippen molar-refractivity contribution in [3.63, 3.8) is 0 Å². The number of hydrogen-bond donors (Lipinski definition) is 2. The average Bonchev–Trinajstić information content (AvgIpc) is 3.49. The SMILES string of the molecule is C#CCN(C)C(=O)[C@@H](C)[C@H]1CC[C@@]2(C)Cc3sc(NC(=O)C4CC4)nc3[C@@H](C)[C@@H]2[C@H]1O. The topological polar surface area (TPSA) is 82.5 Å². The first-order valence-corrected chi connectivity index (χ1v) is 12.1. The van der Waals surface area contributed by atoms with Gasteiger partial charge in [0, 0.05) is 29.7 Å². The lowest BCUT2D eigenvalue weighted by molar-refractivity contribution is -0.142. The summed E-state index contributed by atoms with van der Waals surface area (Å²) in [5.41, 5.74) is 0.960. The Bertz CT molecular complexity index is 918. The number of fused-ring (bicyclic) bond motifs is 2.